The van der Waals surface area contributed by atoms with Gasteiger partial charge >= 0.3 is 0 Å². The van der Waals surface area contributed by atoms with E-state index in [0.717, 1.165) is 12.4 Å². The maximum absolute atomic E-state index is 5.16. The molecule has 3 heteroatoms. The highest BCUT2D eigenvalue weighted by Gasteiger charge is 1.95. The molecule has 1 rings (SSSR count). The summed E-state index contributed by atoms with van der Waals surface area (Å²) in [5.74, 6) is 1.44. The van der Waals surface area contributed by atoms with Crippen LogP contribution < -0.4 is 5.48 Å². The van der Waals surface area contributed by atoms with Gasteiger partial charge in [-0.1, -0.05) is 13.8 Å². The smallest absolute Gasteiger partial charge is 0.119 e. The normalized spacial score (nSPS) is 10.9. The molecule has 68 valence electrons. The minimum absolute atomic E-state index is 0.550. The molecular weight excluding hydrogens is 154 g/mol. The molecule has 1 heterocycles. The molecule has 0 saturated heterocycles. The van der Waals surface area contributed by atoms with E-state index in [-0.39, 0.29) is 0 Å². The summed E-state index contributed by atoms with van der Waals surface area (Å²) in [6, 6.07) is 3.77. The maximum Gasteiger partial charge on any atom is 0.119 e. The Kier molecular flexibility index (Phi) is 3.84. The molecule has 0 aliphatic rings. The summed E-state index contributed by atoms with van der Waals surface area (Å²) in [5.41, 5.74) is 2.83. The van der Waals surface area contributed by atoms with Crippen molar-refractivity contribution in [1.29, 1.82) is 0 Å². The fourth-order valence-electron chi connectivity index (χ4n) is 0.761. The Balaban J connectivity index is 2.04. The number of furan rings is 1. The van der Waals surface area contributed by atoms with Gasteiger partial charge in [0.2, 0.25) is 0 Å². The molecule has 1 N–H and O–H groups in total. The average Bonchev–Trinajstić information content (AvgIpc) is 2.49. The SMILES string of the molecule is CC(C)CONCc1ccco1. The van der Waals surface area contributed by atoms with Crippen LogP contribution in [-0.2, 0) is 11.4 Å². The summed E-state index contributed by atoms with van der Waals surface area (Å²) >= 11 is 0. The van der Waals surface area contributed by atoms with Crippen LogP contribution in [0.2, 0.25) is 0 Å². The maximum atomic E-state index is 5.16. The Labute approximate surface area is 72.7 Å². The first-order valence-corrected chi connectivity index (χ1v) is 4.16. The zero-order valence-corrected chi connectivity index (χ0v) is 7.54. The van der Waals surface area contributed by atoms with Crippen molar-refractivity contribution in [3.05, 3.63) is 24.2 Å². The zero-order valence-electron chi connectivity index (χ0n) is 7.54. The molecule has 12 heavy (non-hydrogen) atoms. The van der Waals surface area contributed by atoms with Crippen molar-refractivity contribution >= 4 is 0 Å². The second-order valence-corrected chi connectivity index (χ2v) is 3.11. The van der Waals surface area contributed by atoms with Crippen molar-refractivity contribution in [1.82, 2.24) is 5.48 Å². The summed E-state index contributed by atoms with van der Waals surface area (Å²) < 4.78 is 5.10. The van der Waals surface area contributed by atoms with Crippen LogP contribution in [0, 0.1) is 5.92 Å². The fourth-order valence-corrected chi connectivity index (χ4v) is 0.761. The molecule has 0 spiro atoms. The number of hydrogen-bond acceptors (Lipinski definition) is 3. The highest BCUT2D eigenvalue weighted by atomic mass is 16.6. The van der Waals surface area contributed by atoms with Crippen LogP contribution in [0.5, 0.6) is 0 Å². The summed E-state index contributed by atoms with van der Waals surface area (Å²) in [7, 11) is 0. The van der Waals surface area contributed by atoms with Crippen molar-refractivity contribution in [2.24, 2.45) is 5.92 Å². The van der Waals surface area contributed by atoms with E-state index in [0.29, 0.717) is 12.5 Å². The fraction of sp³-hybridized carbons (Fsp3) is 0.556. The molecule has 1 aromatic heterocycles. The molecule has 0 saturated carbocycles. The van der Waals surface area contributed by atoms with Gasteiger partial charge < -0.3 is 9.25 Å². The number of hydrogen-bond donors (Lipinski definition) is 1. The molecule has 0 unspecified atom stereocenters. The molecule has 0 atom stereocenters. The van der Waals surface area contributed by atoms with Crippen molar-refractivity contribution in [2.45, 2.75) is 20.4 Å². The standard InChI is InChI=1S/C9H15NO2/c1-8(2)7-12-10-6-9-4-3-5-11-9/h3-5,8,10H,6-7H2,1-2H3. The number of nitrogens with one attached hydrogen (secondary N) is 1. The Bertz CT molecular complexity index is 194. The molecule has 0 aliphatic heterocycles. The Morgan fingerprint density at radius 1 is 1.58 bits per heavy atom. The van der Waals surface area contributed by atoms with E-state index in [4.69, 9.17) is 9.25 Å². The molecule has 1 aromatic rings. The van der Waals surface area contributed by atoms with Gasteiger partial charge in [0.1, 0.15) is 5.76 Å². The van der Waals surface area contributed by atoms with Crippen LogP contribution in [-0.4, -0.2) is 6.61 Å². The van der Waals surface area contributed by atoms with E-state index in [9.17, 15) is 0 Å². The molecule has 0 fully saturated rings. The zero-order chi connectivity index (χ0) is 8.81. The van der Waals surface area contributed by atoms with Crippen LogP contribution in [0.15, 0.2) is 22.8 Å². The lowest BCUT2D eigenvalue weighted by molar-refractivity contribution is 0.0165. The van der Waals surface area contributed by atoms with E-state index in [2.05, 4.69) is 19.3 Å². The monoisotopic (exact) mass is 169 g/mol. The van der Waals surface area contributed by atoms with Crippen molar-refractivity contribution in [3.63, 3.8) is 0 Å². The van der Waals surface area contributed by atoms with E-state index < -0.39 is 0 Å². The first kappa shape index (κ1) is 9.29. The second-order valence-electron chi connectivity index (χ2n) is 3.11. The van der Waals surface area contributed by atoms with Crippen LogP contribution in [0.4, 0.5) is 0 Å². The van der Waals surface area contributed by atoms with E-state index in [1.165, 1.54) is 0 Å². The third-order valence-corrected chi connectivity index (χ3v) is 1.35. The molecule has 3 nitrogen and oxygen atoms in total. The van der Waals surface area contributed by atoms with Gasteiger partial charge in [-0.3, -0.25) is 0 Å². The van der Waals surface area contributed by atoms with Gasteiger partial charge in [0.15, 0.2) is 0 Å². The molecule has 0 aliphatic carbocycles. The van der Waals surface area contributed by atoms with Crippen LogP contribution in [0.25, 0.3) is 0 Å². The third-order valence-electron chi connectivity index (χ3n) is 1.35. The quantitative estimate of drug-likeness (QED) is 0.540. The van der Waals surface area contributed by atoms with Gasteiger partial charge in [0.25, 0.3) is 0 Å². The summed E-state index contributed by atoms with van der Waals surface area (Å²) in [5, 5.41) is 0. The van der Waals surface area contributed by atoms with Gasteiger partial charge in [0, 0.05) is 0 Å². The van der Waals surface area contributed by atoms with Gasteiger partial charge in [-0.25, -0.2) is 0 Å². The number of rotatable bonds is 5. The lowest BCUT2D eigenvalue weighted by atomic mass is 10.2. The first-order chi connectivity index (χ1) is 5.79. The molecule has 0 amide bonds. The molecule has 0 bridgehead atoms. The molecule has 0 radical (unpaired) electrons. The van der Waals surface area contributed by atoms with Crippen molar-refractivity contribution in [3.8, 4) is 0 Å². The molecular formula is C9H15NO2. The minimum Gasteiger partial charge on any atom is -0.468 e. The minimum atomic E-state index is 0.550. The van der Waals surface area contributed by atoms with Crippen molar-refractivity contribution < 1.29 is 9.25 Å². The predicted octanol–water partition coefficient (Wildman–Crippen LogP) is 1.96. The van der Waals surface area contributed by atoms with Gasteiger partial charge in [-0.2, -0.15) is 5.48 Å². The Morgan fingerprint density at radius 3 is 3.00 bits per heavy atom. The summed E-state index contributed by atoms with van der Waals surface area (Å²) in [6.45, 7) is 5.56. The lowest BCUT2D eigenvalue weighted by Crippen LogP contribution is -2.16. The lowest BCUT2D eigenvalue weighted by Gasteiger charge is -2.05. The van der Waals surface area contributed by atoms with Gasteiger partial charge in [-0.15, -0.1) is 0 Å². The third kappa shape index (κ3) is 3.55. The summed E-state index contributed by atoms with van der Waals surface area (Å²) in [4.78, 5) is 5.16. The summed E-state index contributed by atoms with van der Waals surface area (Å²) in [6.07, 6.45) is 1.65. The van der Waals surface area contributed by atoms with Gasteiger partial charge in [0.05, 0.1) is 19.4 Å². The first-order valence-electron chi connectivity index (χ1n) is 4.16. The van der Waals surface area contributed by atoms with Crippen molar-refractivity contribution in [2.75, 3.05) is 6.61 Å². The predicted molar refractivity (Wildman–Crippen MR) is 46.3 cm³/mol. The molecule has 0 aromatic carbocycles. The van der Waals surface area contributed by atoms with E-state index in [1.54, 1.807) is 6.26 Å². The highest BCUT2D eigenvalue weighted by molar-refractivity contribution is 4.96. The largest absolute Gasteiger partial charge is 0.468 e. The van der Waals surface area contributed by atoms with E-state index in [1.807, 2.05) is 12.1 Å². The Morgan fingerprint density at radius 2 is 2.42 bits per heavy atom. The number of hydroxylamine groups is 1. The van der Waals surface area contributed by atoms with Crippen LogP contribution in [0.3, 0.4) is 0 Å². The van der Waals surface area contributed by atoms with E-state index >= 15 is 0 Å². The van der Waals surface area contributed by atoms with Crippen LogP contribution in [0.1, 0.15) is 19.6 Å². The highest BCUT2D eigenvalue weighted by Crippen LogP contribution is 1.98. The Hall–Kier alpha value is -0.800. The average molecular weight is 169 g/mol. The van der Waals surface area contributed by atoms with Gasteiger partial charge in [-0.05, 0) is 18.1 Å². The second kappa shape index (κ2) is 4.95. The van der Waals surface area contributed by atoms with Crippen LogP contribution >= 0.6 is 0 Å². The topological polar surface area (TPSA) is 34.4 Å².